The third kappa shape index (κ3) is 9.59. The highest BCUT2D eigenvalue weighted by Gasteiger charge is 2.26. The van der Waals surface area contributed by atoms with Gasteiger partial charge >= 0.3 is 28.6 Å². The summed E-state index contributed by atoms with van der Waals surface area (Å²) >= 11 is 0. The zero-order valence-corrected chi connectivity index (χ0v) is 21.0. The number of hydrogen-bond acceptors (Lipinski definition) is 10. The Morgan fingerprint density at radius 1 is 0.730 bits per heavy atom. The highest BCUT2D eigenvalue weighted by Crippen LogP contribution is 2.36. The summed E-state index contributed by atoms with van der Waals surface area (Å²) in [6.07, 6.45) is -1.04. The van der Waals surface area contributed by atoms with Crippen LogP contribution in [-0.2, 0) is 43.0 Å². The molecule has 13 heteroatoms. The van der Waals surface area contributed by atoms with Gasteiger partial charge in [0, 0.05) is 6.42 Å². The predicted octanol–water partition coefficient (Wildman–Crippen LogP) is 3.06. The fourth-order valence-corrected chi connectivity index (χ4v) is 3.77. The minimum absolute atomic E-state index is 0.0353. The zero-order valence-electron chi connectivity index (χ0n) is 19.2. The van der Waals surface area contributed by atoms with Gasteiger partial charge in [0.25, 0.3) is 0 Å². The first kappa shape index (κ1) is 27.7. The molecule has 3 aromatic rings. The average Bonchev–Trinajstić information content (AvgIpc) is 2.88. The lowest BCUT2D eigenvalue weighted by Gasteiger charge is -2.18. The first-order valence-electron chi connectivity index (χ1n) is 10.8. The lowest BCUT2D eigenvalue weighted by molar-refractivity contribution is -0.181. The molecule has 3 unspecified atom stereocenters. The van der Waals surface area contributed by atoms with Gasteiger partial charge in [-0.3, -0.25) is 9.05 Å². The second-order valence-electron chi connectivity index (χ2n) is 7.47. The standard InChI is InChI=1S/C24H21NO10P2/c26-23(32-15-17-7-3-1-4-8-17)20(25-24(27)33-16-18-9-5-2-6-10-18)13-19-11-12-21(34-36(28)29)22(14-19)35-37(30)31/h1-12,14,20H,13,15-16H2,(H,25,27). The minimum Gasteiger partial charge on any atom is -0.558 e. The summed E-state index contributed by atoms with van der Waals surface area (Å²) in [5.74, 6) is -1.55. The molecule has 0 aromatic heterocycles. The molecule has 0 radical (unpaired) electrons. The zero-order chi connectivity index (χ0) is 26.6. The lowest BCUT2D eigenvalue weighted by Crippen LogP contribution is -2.43. The van der Waals surface area contributed by atoms with Crippen LogP contribution in [0.3, 0.4) is 0 Å². The van der Waals surface area contributed by atoms with Crippen molar-refractivity contribution in [3.8, 4) is 11.5 Å². The third-order valence-electron chi connectivity index (χ3n) is 4.81. The van der Waals surface area contributed by atoms with E-state index in [1.54, 1.807) is 48.5 Å². The van der Waals surface area contributed by atoms with Crippen LogP contribution in [0.15, 0.2) is 78.9 Å². The van der Waals surface area contributed by atoms with Gasteiger partial charge < -0.3 is 24.6 Å². The number of benzene rings is 3. The van der Waals surface area contributed by atoms with Gasteiger partial charge in [0.1, 0.15) is 19.3 Å². The molecule has 0 spiro atoms. The van der Waals surface area contributed by atoms with E-state index in [2.05, 4.69) is 14.4 Å². The van der Waals surface area contributed by atoms with E-state index in [-0.39, 0.29) is 25.4 Å². The SMILES string of the molecule is O=C(NC(Cc1ccc(O[P+](=O)[O-])c(O[P+](=O)[O-])c1)C(=O)OCc1ccccc1)OCc1ccccc1. The van der Waals surface area contributed by atoms with Gasteiger partial charge in [-0.2, -0.15) is 0 Å². The Morgan fingerprint density at radius 3 is 1.84 bits per heavy atom. The summed E-state index contributed by atoms with van der Waals surface area (Å²) in [6, 6.07) is 20.3. The predicted molar refractivity (Wildman–Crippen MR) is 126 cm³/mol. The van der Waals surface area contributed by atoms with Crippen molar-refractivity contribution in [2.45, 2.75) is 25.7 Å². The van der Waals surface area contributed by atoms with Gasteiger partial charge in [-0.15, -0.1) is 0 Å². The number of nitrogens with one attached hydrogen (secondary N) is 1. The molecule has 3 rings (SSSR count). The Kier molecular flexibility index (Phi) is 10.5. The number of carbonyl (C=O) groups excluding carboxylic acids is 2. The molecule has 0 fully saturated rings. The summed E-state index contributed by atoms with van der Waals surface area (Å²) in [5, 5.41) is 2.45. The molecule has 0 heterocycles. The average molecular weight is 545 g/mol. The number of carbonyl (C=O) groups is 2. The molecular weight excluding hydrogens is 524 g/mol. The Bertz CT molecular complexity index is 1240. The van der Waals surface area contributed by atoms with Crippen LogP contribution in [0.2, 0.25) is 0 Å². The van der Waals surface area contributed by atoms with Gasteiger partial charge in [0.2, 0.25) is 11.5 Å². The maximum absolute atomic E-state index is 12.9. The van der Waals surface area contributed by atoms with E-state index in [1.807, 2.05) is 12.1 Å². The Balaban J connectivity index is 1.75. The van der Waals surface area contributed by atoms with Crippen LogP contribution in [0.4, 0.5) is 4.79 Å². The third-order valence-corrected chi connectivity index (χ3v) is 5.50. The van der Waals surface area contributed by atoms with Crippen LogP contribution in [0.1, 0.15) is 16.7 Å². The number of hydrogen-bond donors (Lipinski definition) is 1. The van der Waals surface area contributed by atoms with Crippen molar-refractivity contribution in [3.05, 3.63) is 95.6 Å². The summed E-state index contributed by atoms with van der Waals surface area (Å²) in [7, 11) is -6.74. The van der Waals surface area contributed by atoms with E-state index in [0.29, 0.717) is 5.56 Å². The Hall–Kier alpha value is -3.88. The van der Waals surface area contributed by atoms with Crippen LogP contribution >= 0.6 is 16.5 Å². The fourth-order valence-electron chi connectivity index (χ4n) is 3.15. The molecule has 11 nitrogen and oxygen atoms in total. The molecule has 37 heavy (non-hydrogen) atoms. The first-order chi connectivity index (χ1) is 17.8. The number of ether oxygens (including phenoxy) is 2. The van der Waals surface area contributed by atoms with Crippen molar-refractivity contribution in [3.63, 3.8) is 0 Å². The van der Waals surface area contributed by atoms with Gasteiger partial charge in [-0.1, -0.05) is 66.7 Å². The molecule has 0 aliphatic heterocycles. The maximum atomic E-state index is 12.9. The first-order valence-corrected chi connectivity index (χ1v) is 12.9. The molecule has 3 atom stereocenters. The summed E-state index contributed by atoms with van der Waals surface area (Å²) in [4.78, 5) is 47.3. The molecule has 1 amide bonds. The van der Waals surface area contributed by atoms with Gasteiger partial charge in [0.05, 0.1) is 0 Å². The number of amides is 1. The Labute approximate surface area is 213 Å². The van der Waals surface area contributed by atoms with E-state index < -0.39 is 40.4 Å². The molecule has 0 aliphatic carbocycles. The van der Waals surface area contributed by atoms with E-state index >= 15 is 0 Å². The molecule has 0 aliphatic rings. The van der Waals surface area contributed by atoms with Crippen LogP contribution < -0.4 is 24.2 Å². The van der Waals surface area contributed by atoms with Crippen molar-refractivity contribution < 1.29 is 47.0 Å². The van der Waals surface area contributed by atoms with E-state index in [1.165, 1.54) is 12.1 Å². The fraction of sp³-hybridized carbons (Fsp3) is 0.167. The van der Waals surface area contributed by atoms with Crippen LogP contribution in [0, 0.1) is 0 Å². The van der Waals surface area contributed by atoms with Gasteiger partial charge in [-0.05, 0) is 38.0 Å². The van der Waals surface area contributed by atoms with E-state index in [4.69, 9.17) is 9.47 Å². The van der Waals surface area contributed by atoms with Crippen LogP contribution in [0.5, 0.6) is 11.5 Å². The second kappa shape index (κ2) is 14.0. The van der Waals surface area contributed by atoms with Gasteiger partial charge in [0.15, 0.2) is 0 Å². The normalized spacial score (nSPS) is 12.1. The molecule has 0 saturated carbocycles. The molecule has 192 valence electrons. The summed E-state index contributed by atoms with van der Waals surface area (Å²) in [6.45, 7) is -0.0857. The smallest absolute Gasteiger partial charge is 0.539 e. The molecule has 0 bridgehead atoms. The Morgan fingerprint density at radius 2 is 1.27 bits per heavy atom. The molecule has 1 N–H and O–H groups in total. The number of rotatable bonds is 12. The summed E-state index contributed by atoms with van der Waals surface area (Å²) in [5.41, 5.74) is 1.77. The van der Waals surface area contributed by atoms with Crippen molar-refractivity contribution in [1.29, 1.82) is 0 Å². The summed E-state index contributed by atoms with van der Waals surface area (Å²) < 4.78 is 41.7. The monoisotopic (exact) mass is 545 g/mol. The molecular formula is C24H21NO10P2. The van der Waals surface area contributed by atoms with Crippen LogP contribution in [-0.4, -0.2) is 18.1 Å². The highest BCUT2D eigenvalue weighted by atomic mass is 31.1. The van der Waals surface area contributed by atoms with Gasteiger partial charge in [-0.25, -0.2) is 9.59 Å². The van der Waals surface area contributed by atoms with Crippen molar-refractivity contribution in [2.75, 3.05) is 0 Å². The molecule has 0 saturated heterocycles. The number of esters is 1. The van der Waals surface area contributed by atoms with Crippen molar-refractivity contribution in [2.24, 2.45) is 0 Å². The van der Waals surface area contributed by atoms with Crippen LogP contribution in [0.25, 0.3) is 0 Å². The topological polar surface area (TPSA) is 163 Å². The lowest BCUT2D eigenvalue weighted by atomic mass is 10.1. The van der Waals surface area contributed by atoms with E-state index in [0.717, 1.165) is 17.2 Å². The highest BCUT2D eigenvalue weighted by molar-refractivity contribution is 7.31. The maximum Gasteiger partial charge on any atom is 0.539 e. The minimum atomic E-state index is -3.39. The molecule has 3 aromatic carbocycles. The largest absolute Gasteiger partial charge is 0.558 e. The second-order valence-corrected chi connectivity index (χ2v) is 8.73. The number of alkyl carbamates (subject to hydrolysis) is 1. The van der Waals surface area contributed by atoms with Crippen molar-refractivity contribution in [1.82, 2.24) is 5.32 Å². The van der Waals surface area contributed by atoms with Crippen molar-refractivity contribution >= 4 is 28.6 Å². The van der Waals surface area contributed by atoms with E-state index in [9.17, 15) is 28.5 Å². The quantitative estimate of drug-likeness (QED) is 0.264.